The van der Waals surface area contributed by atoms with Crippen LogP contribution in [0.15, 0.2) is 30.6 Å². The van der Waals surface area contributed by atoms with Gasteiger partial charge in [-0.3, -0.25) is 4.68 Å². The SMILES string of the molecule is CC(N)c1cnn(Cc2c(Cl)cccc2Cl)c1. The molecule has 1 atom stereocenters. The third kappa shape index (κ3) is 2.80. The Morgan fingerprint density at radius 3 is 2.53 bits per heavy atom. The van der Waals surface area contributed by atoms with Crippen molar-refractivity contribution in [2.24, 2.45) is 5.73 Å². The maximum Gasteiger partial charge on any atom is 0.0688 e. The molecule has 5 heteroatoms. The van der Waals surface area contributed by atoms with E-state index in [1.807, 2.05) is 31.3 Å². The molecular formula is C12H13Cl2N3. The lowest BCUT2D eigenvalue weighted by atomic mass is 10.2. The van der Waals surface area contributed by atoms with Gasteiger partial charge in [0.2, 0.25) is 0 Å². The van der Waals surface area contributed by atoms with Gasteiger partial charge < -0.3 is 5.73 Å². The Balaban J connectivity index is 2.25. The van der Waals surface area contributed by atoms with Crippen LogP contribution in [0.2, 0.25) is 10.0 Å². The fourth-order valence-electron chi connectivity index (χ4n) is 1.55. The lowest BCUT2D eigenvalue weighted by molar-refractivity contribution is 0.685. The number of nitrogens with two attached hydrogens (primary N) is 1. The van der Waals surface area contributed by atoms with E-state index in [0.717, 1.165) is 11.1 Å². The van der Waals surface area contributed by atoms with Gasteiger partial charge in [0.15, 0.2) is 0 Å². The smallest absolute Gasteiger partial charge is 0.0688 e. The molecule has 0 aliphatic carbocycles. The van der Waals surface area contributed by atoms with Crippen LogP contribution in [0, 0.1) is 0 Å². The van der Waals surface area contributed by atoms with Gasteiger partial charge in [0.25, 0.3) is 0 Å². The number of benzene rings is 1. The molecule has 0 saturated carbocycles. The second kappa shape index (κ2) is 5.08. The van der Waals surface area contributed by atoms with Crippen molar-refractivity contribution in [1.82, 2.24) is 9.78 Å². The molecule has 1 heterocycles. The molecule has 1 aromatic heterocycles. The van der Waals surface area contributed by atoms with Crippen LogP contribution in [-0.2, 0) is 6.54 Å². The van der Waals surface area contributed by atoms with Crippen molar-refractivity contribution in [2.75, 3.05) is 0 Å². The van der Waals surface area contributed by atoms with Crippen LogP contribution in [0.1, 0.15) is 24.1 Å². The quantitative estimate of drug-likeness (QED) is 0.930. The summed E-state index contributed by atoms with van der Waals surface area (Å²) < 4.78 is 1.78. The zero-order valence-corrected chi connectivity index (χ0v) is 10.9. The van der Waals surface area contributed by atoms with Crippen LogP contribution in [0.25, 0.3) is 0 Å². The standard InChI is InChI=1S/C12H13Cl2N3/c1-8(15)9-5-16-17(6-9)7-10-11(13)3-2-4-12(10)14/h2-6,8H,7,15H2,1H3. The van der Waals surface area contributed by atoms with Crippen molar-refractivity contribution in [2.45, 2.75) is 19.5 Å². The lowest BCUT2D eigenvalue weighted by Crippen LogP contribution is -2.04. The lowest BCUT2D eigenvalue weighted by Gasteiger charge is -2.06. The van der Waals surface area contributed by atoms with Crippen molar-refractivity contribution < 1.29 is 0 Å². The molecule has 0 saturated heterocycles. The summed E-state index contributed by atoms with van der Waals surface area (Å²) in [6.07, 6.45) is 3.67. The van der Waals surface area contributed by atoms with Crippen LogP contribution in [0.5, 0.6) is 0 Å². The molecule has 17 heavy (non-hydrogen) atoms. The number of hydrogen-bond donors (Lipinski definition) is 1. The minimum Gasteiger partial charge on any atom is -0.324 e. The van der Waals surface area contributed by atoms with Gasteiger partial charge in [0.1, 0.15) is 0 Å². The van der Waals surface area contributed by atoms with E-state index >= 15 is 0 Å². The predicted molar refractivity (Wildman–Crippen MR) is 70.4 cm³/mol. The molecule has 2 rings (SSSR count). The Morgan fingerprint density at radius 2 is 2.00 bits per heavy atom. The third-order valence-corrected chi connectivity index (χ3v) is 3.27. The van der Waals surface area contributed by atoms with Crippen molar-refractivity contribution in [3.63, 3.8) is 0 Å². The molecular weight excluding hydrogens is 257 g/mol. The number of rotatable bonds is 3. The maximum absolute atomic E-state index is 6.10. The topological polar surface area (TPSA) is 43.8 Å². The van der Waals surface area contributed by atoms with E-state index in [4.69, 9.17) is 28.9 Å². The Hall–Kier alpha value is -1.03. The molecule has 0 aliphatic rings. The molecule has 0 radical (unpaired) electrons. The molecule has 3 nitrogen and oxygen atoms in total. The van der Waals surface area contributed by atoms with Crippen molar-refractivity contribution >= 4 is 23.2 Å². The summed E-state index contributed by atoms with van der Waals surface area (Å²) in [5.41, 5.74) is 7.64. The zero-order valence-electron chi connectivity index (χ0n) is 9.40. The van der Waals surface area contributed by atoms with Gasteiger partial charge in [-0.2, -0.15) is 5.10 Å². The number of aromatic nitrogens is 2. The molecule has 0 bridgehead atoms. The van der Waals surface area contributed by atoms with E-state index in [9.17, 15) is 0 Å². The average molecular weight is 270 g/mol. The molecule has 1 aromatic carbocycles. The first-order valence-corrected chi connectivity index (χ1v) is 6.04. The van der Waals surface area contributed by atoms with Gasteiger partial charge in [-0.25, -0.2) is 0 Å². The second-order valence-electron chi connectivity index (χ2n) is 3.96. The molecule has 0 fully saturated rings. The first-order chi connectivity index (χ1) is 8.08. The Bertz CT molecular complexity index is 500. The Morgan fingerprint density at radius 1 is 1.35 bits per heavy atom. The summed E-state index contributed by atoms with van der Waals surface area (Å²) in [5, 5.41) is 5.53. The summed E-state index contributed by atoms with van der Waals surface area (Å²) in [7, 11) is 0. The van der Waals surface area contributed by atoms with Crippen LogP contribution >= 0.6 is 23.2 Å². The van der Waals surface area contributed by atoms with Gasteiger partial charge >= 0.3 is 0 Å². The minimum atomic E-state index is -0.0227. The van der Waals surface area contributed by atoms with Crippen molar-refractivity contribution in [3.05, 3.63) is 51.8 Å². The summed E-state index contributed by atoms with van der Waals surface area (Å²) >= 11 is 12.2. The predicted octanol–water partition coefficient (Wildman–Crippen LogP) is 3.26. The first-order valence-electron chi connectivity index (χ1n) is 5.28. The van der Waals surface area contributed by atoms with E-state index in [2.05, 4.69) is 5.10 Å². The summed E-state index contributed by atoms with van der Waals surface area (Å²) in [6.45, 7) is 2.47. The summed E-state index contributed by atoms with van der Waals surface area (Å²) in [4.78, 5) is 0. The van der Waals surface area contributed by atoms with E-state index < -0.39 is 0 Å². The Kier molecular flexibility index (Phi) is 3.72. The van der Waals surface area contributed by atoms with Gasteiger partial charge in [0, 0.05) is 33.4 Å². The van der Waals surface area contributed by atoms with Crippen LogP contribution in [0.3, 0.4) is 0 Å². The Labute approximate surface area is 110 Å². The van der Waals surface area contributed by atoms with Crippen molar-refractivity contribution in [1.29, 1.82) is 0 Å². The van der Waals surface area contributed by atoms with E-state index in [-0.39, 0.29) is 6.04 Å². The monoisotopic (exact) mass is 269 g/mol. The average Bonchev–Trinajstić information content (AvgIpc) is 2.72. The largest absolute Gasteiger partial charge is 0.324 e. The minimum absolute atomic E-state index is 0.0227. The van der Waals surface area contributed by atoms with E-state index in [1.165, 1.54) is 0 Å². The van der Waals surface area contributed by atoms with E-state index in [0.29, 0.717) is 16.6 Å². The molecule has 90 valence electrons. The highest BCUT2D eigenvalue weighted by Crippen LogP contribution is 2.25. The molecule has 0 aliphatic heterocycles. The van der Waals surface area contributed by atoms with Gasteiger partial charge in [0.05, 0.1) is 12.7 Å². The van der Waals surface area contributed by atoms with Crippen LogP contribution in [-0.4, -0.2) is 9.78 Å². The highest BCUT2D eigenvalue weighted by atomic mass is 35.5. The van der Waals surface area contributed by atoms with Crippen molar-refractivity contribution in [3.8, 4) is 0 Å². The summed E-state index contributed by atoms with van der Waals surface area (Å²) in [5.74, 6) is 0. The second-order valence-corrected chi connectivity index (χ2v) is 4.77. The summed E-state index contributed by atoms with van der Waals surface area (Å²) in [6, 6.07) is 5.44. The van der Waals surface area contributed by atoms with Gasteiger partial charge in [-0.05, 0) is 19.1 Å². The fraction of sp³-hybridized carbons (Fsp3) is 0.250. The highest BCUT2D eigenvalue weighted by Gasteiger charge is 2.08. The van der Waals surface area contributed by atoms with E-state index in [1.54, 1.807) is 10.9 Å². The van der Waals surface area contributed by atoms with Crippen LogP contribution in [0.4, 0.5) is 0 Å². The highest BCUT2D eigenvalue weighted by molar-refractivity contribution is 6.35. The third-order valence-electron chi connectivity index (χ3n) is 2.56. The maximum atomic E-state index is 6.10. The number of hydrogen-bond acceptors (Lipinski definition) is 2. The first kappa shape index (κ1) is 12.4. The molecule has 0 spiro atoms. The fourth-order valence-corrected chi connectivity index (χ4v) is 2.06. The van der Waals surface area contributed by atoms with Crippen LogP contribution < -0.4 is 5.73 Å². The molecule has 2 N–H and O–H groups in total. The molecule has 1 unspecified atom stereocenters. The van der Waals surface area contributed by atoms with Gasteiger partial charge in [-0.15, -0.1) is 0 Å². The number of halogens is 2. The normalized spacial score (nSPS) is 12.7. The van der Waals surface area contributed by atoms with Gasteiger partial charge in [-0.1, -0.05) is 29.3 Å². The molecule has 0 amide bonds. The number of nitrogens with zero attached hydrogens (tertiary/aromatic N) is 2. The molecule has 2 aromatic rings. The zero-order chi connectivity index (χ0) is 12.4.